The molecule has 1 aliphatic heterocycles. The summed E-state index contributed by atoms with van der Waals surface area (Å²) in [6.07, 6.45) is 1.89. The highest BCUT2D eigenvalue weighted by Gasteiger charge is 2.43. The van der Waals surface area contributed by atoms with E-state index in [9.17, 15) is 19.5 Å². The lowest BCUT2D eigenvalue weighted by molar-refractivity contribution is -0.150. The first-order valence-corrected chi connectivity index (χ1v) is 14.8. The molecular weight excluding hydrogens is 530 g/mol. The Morgan fingerprint density at radius 3 is 2.07 bits per heavy atom. The van der Waals surface area contributed by atoms with Crippen LogP contribution in [0.4, 0.5) is 4.79 Å². The van der Waals surface area contributed by atoms with Crippen molar-refractivity contribution < 1.29 is 24.2 Å². The first-order valence-electron chi connectivity index (χ1n) is 14.8. The molecular formula is C34H37N3O5. The van der Waals surface area contributed by atoms with Crippen LogP contribution in [0.3, 0.4) is 0 Å². The molecule has 1 heterocycles. The lowest BCUT2D eigenvalue weighted by Crippen LogP contribution is -2.60. The van der Waals surface area contributed by atoms with Gasteiger partial charge in [0, 0.05) is 38.0 Å². The summed E-state index contributed by atoms with van der Waals surface area (Å²) < 4.78 is 5.65. The number of carboxylic acids is 1. The number of likely N-dealkylation sites (tertiary alicyclic amines) is 1. The van der Waals surface area contributed by atoms with Crippen LogP contribution in [0.15, 0.2) is 78.9 Å². The number of hydrogen-bond donors (Lipinski definition) is 3. The molecule has 0 atom stereocenters. The number of nitrogens with one attached hydrogen (secondary N) is 2. The monoisotopic (exact) mass is 567 g/mol. The van der Waals surface area contributed by atoms with Crippen molar-refractivity contribution in [2.45, 2.75) is 56.1 Å². The molecule has 0 unspecified atom stereocenters. The van der Waals surface area contributed by atoms with Crippen molar-refractivity contribution in [2.24, 2.45) is 5.92 Å². The van der Waals surface area contributed by atoms with Gasteiger partial charge in [-0.15, -0.1) is 0 Å². The number of carboxylic acid groups (broad SMARTS) is 1. The number of rotatable bonds is 9. The average molecular weight is 568 g/mol. The number of benzene rings is 3. The van der Waals surface area contributed by atoms with E-state index in [0.29, 0.717) is 38.8 Å². The summed E-state index contributed by atoms with van der Waals surface area (Å²) in [5, 5.41) is 15.8. The Hall–Kier alpha value is -4.17. The van der Waals surface area contributed by atoms with E-state index in [-0.39, 0.29) is 36.8 Å². The Bertz CT molecular complexity index is 1400. The van der Waals surface area contributed by atoms with Crippen LogP contribution in [0, 0.1) is 5.92 Å². The smallest absolute Gasteiger partial charge is 0.407 e. The molecule has 2 fully saturated rings. The standard InChI is InChI=1S/C34H37N3O5/c38-31(36-34(32(39)40)14-16-37(17-15-34)21-23-8-2-1-3-9-23)20-24-18-25(19-24)35-33(41)42-22-30-28-12-6-4-10-26(28)27-11-5-7-13-29(27)30/h1-13,24-25,30H,14-22H2,(H,35,41)(H,36,38)(H,39,40). The predicted octanol–water partition coefficient (Wildman–Crippen LogP) is 4.93. The summed E-state index contributed by atoms with van der Waals surface area (Å²) in [6, 6.07) is 26.5. The maximum Gasteiger partial charge on any atom is 0.407 e. The van der Waals surface area contributed by atoms with Gasteiger partial charge in [-0.25, -0.2) is 9.59 Å². The molecule has 2 aliphatic carbocycles. The number of fused-ring (bicyclic) bond motifs is 3. The van der Waals surface area contributed by atoms with Crippen molar-refractivity contribution in [1.82, 2.24) is 15.5 Å². The Kier molecular flexibility index (Phi) is 7.98. The zero-order chi connectivity index (χ0) is 29.1. The van der Waals surface area contributed by atoms with E-state index in [4.69, 9.17) is 4.74 Å². The summed E-state index contributed by atoms with van der Waals surface area (Å²) in [5.74, 6) is -1.10. The number of ether oxygens (including phenoxy) is 1. The molecule has 0 radical (unpaired) electrons. The highest BCUT2D eigenvalue weighted by molar-refractivity contribution is 5.87. The minimum Gasteiger partial charge on any atom is -0.480 e. The van der Waals surface area contributed by atoms with Gasteiger partial charge in [0.25, 0.3) is 0 Å². The summed E-state index contributed by atoms with van der Waals surface area (Å²) in [6.45, 7) is 2.25. The normalized spacial score (nSPS) is 21.0. The quantitative estimate of drug-likeness (QED) is 0.339. The predicted molar refractivity (Wildman–Crippen MR) is 159 cm³/mol. The van der Waals surface area contributed by atoms with Crippen LogP contribution in [0.1, 0.15) is 54.7 Å². The van der Waals surface area contributed by atoms with E-state index in [1.165, 1.54) is 27.8 Å². The fraction of sp³-hybridized carbons (Fsp3) is 0.382. The van der Waals surface area contributed by atoms with Gasteiger partial charge in [0.05, 0.1) is 0 Å². The summed E-state index contributed by atoms with van der Waals surface area (Å²) in [7, 11) is 0. The second kappa shape index (κ2) is 12.0. The van der Waals surface area contributed by atoms with Crippen LogP contribution in [0.5, 0.6) is 0 Å². The van der Waals surface area contributed by atoms with Gasteiger partial charge in [0.15, 0.2) is 0 Å². The molecule has 0 aromatic heterocycles. The number of hydrogen-bond acceptors (Lipinski definition) is 5. The van der Waals surface area contributed by atoms with Crippen LogP contribution in [0.25, 0.3) is 11.1 Å². The van der Waals surface area contributed by atoms with Gasteiger partial charge in [0.2, 0.25) is 5.91 Å². The van der Waals surface area contributed by atoms with Gasteiger partial charge < -0.3 is 20.5 Å². The number of nitrogens with zero attached hydrogens (tertiary/aromatic N) is 1. The summed E-state index contributed by atoms with van der Waals surface area (Å²) in [4.78, 5) is 39.9. The van der Waals surface area contributed by atoms with Gasteiger partial charge in [-0.3, -0.25) is 9.69 Å². The largest absolute Gasteiger partial charge is 0.480 e. The number of aliphatic carboxylic acids is 1. The summed E-state index contributed by atoms with van der Waals surface area (Å²) in [5.41, 5.74) is 4.67. The number of amides is 2. The van der Waals surface area contributed by atoms with Crippen molar-refractivity contribution in [3.05, 3.63) is 95.6 Å². The molecule has 3 aromatic carbocycles. The SMILES string of the molecule is O=C(CC1CC(NC(=O)OCC2c3ccccc3-c3ccccc32)C1)NC1(C(=O)O)CCN(Cc2ccccc2)CC1. The van der Waals surface area contributed by atoms with E-state index in [1.54, 1.807) is 0 Å². The van der Waals surface area contributed by atoms with Gasteiger partial charge >= 0.3 is 12.1 Å². The van der Waals surface area contributed by atoms with Crippen molar-refractivity contribution in [2.75, 3.05) is 19.7 Å². The Morgan fingerprint density at radius 1 is 0.857 bits per heavy atom. The van der Waals surface area contributed by atoms with Crippen molar-refractivity contribution in [1.29, 1.82) is 0 Å². The fourth-order valence-corrected chi connectivity index (χ4v) is 6.73. The molecule has 0 bridgehead atoms. The Morgan fingerprint density at radius 2 is 1.45 bits per heavy atom. The lowest BCUT2D eigenvalue weighted by Gasteiger charge is -2.40. The zero-order valence-corrected chi connectivity index (χ0v) is 23.6. The molecule has 218 valence electrons. The molecule has 3 aliphatic rings. The molecule has 6 rings (SSSR count). The maximum absolute atomic E-state index is 12.9. The molecule has 8 nitrogen and oxygen atoms in total. The molecule has 3 aromatic rings. The zero-order valence-electron chi connectivity index (χ0n) is 23.6. The molecule has 8 heteroatoms. The highest BCUT2D eigenvalue weighted by Crippen LogP contribution is 2.44. The number of carbonyl (C=O) groups is 3. The van der Waals surface area contributed by atoms with E-state index in [0.717, 1.165) is 6.54 Å². The van der Waals surface area contributed by atoms with Gasteiger partial charge in [-0.1, -0.05) is 78.9 Å². The van der Waals surface area contributed by atoms with E-state index in [2.05, 4.69) is 51.9 Å². The van der Waals surface area contributed by atoms with Crippen molar-refractivity contribution >= 4 is 18.0 Å². The number of carbonyl (C=O) groups excluding carboxylic acids is 2. The first kappa shape index (κ1) is 28.0. The van der Waals surface area contributed by atoms with Crippen molar-refractivity contribution in [3.8, 4) is 11.1 Å². The molecule has 2 amide bonds. The highest BCUT2D eigenvalue weighted by atomic mass is 16.5. The third-order valence-corrected chi connectivity index (χ3v) is 9.12. The Labute approximate surface area is 246 Å². The minimum absolute atomic E-state index is 0.00717. The van der Waals surface area contributed by atoms with Crippen LogP contribution >= 0.6 is 0 Å². The van der Waals surface area contributed by atoms with Gasteiger partial charge in [0.1, 0.15) is 12.1 Å². The second-order valence-electron chi connectivity index (χ2n) is 11.9. The first-order chi connectivity index (χ1) is 20.4. The van der Waals surface area contributed by atoms with Crippen LogP contribution < -0.4 is 10.6 Å². The molecule has 1 saturated heterocycles. The van der Waals surface area contributed by atoms with E-state index >= 15 is 0 Å². The summed E-state index contributed by atoms with van der Waals surface area (Å²) >= 11 is 0. The fourth-order valence-electron chi connectivity index (χ4n) is 6.73. The average Bonchev–Trinajstić information content (AvgIpc) is 3.30. The van der Waals surface area contributed by atoms with Gasteiger partial charge in [-0.2, -0.15) is 0 Å². The minimum atomic E-state index is -1.23. The second-order valence-corrected chi connectivity index (χ2v) is 11.9. The number of alkyl carbamates (subject to hydrolysis) is 1. The molecule has 3 N–H and O–H groups in total. The molecule has 42 heavy (non-hydrogen) atoms. The van der Waals surface area contributed by atoms with Crippen molar-refractivity contribution in [3.63, 3.8) is 0 Å². The van der Waals surface area contributed by atoms with E-state index in [1.807, 2.05) is 42.5 Å². The van der Waals surface area contributed by atoms with Crippen LogP contribution in [-0.4, -0.2) is 59.3 Å². The maximum atomic E-state index is 12.9. The van der Waals surface area contributed by atoms with Crippen LogP contribution in [-0.2, 0) is 20.9 Å². The Balaban J connectivity index is 0.934. The van der Waals surface area contributed by atoms with Gasteiger partial charge in [-0.05, 0) is 59.4 Å². The topological polar surface area (TPSA) is 108 Å². The lowest BCUT2D eigenvalue weighted by atomic mass is 9.77. The third-order valence-electron chi connectivity index (χ3n) is 9.12. The third kappa shape index (κ3) is 5.90. The van der Waals surface area contributed by atoms with Crippen LogP contribution in [0.2, 0.25) is 0 Å². The molecule has 1 saturated carbocycles. The number of piperidine rings is 1. The van der Waals surface area contributed by atoms with E-state index < -0.39 is 17.6 Å². The molecule has 0 spiro atoms.